The van der Waals surface area contributed by atoms with Crippen LogP contribution in [0.3, 0.4) is 0 Å². The quantitative estimate of drug-likeness (QED) is 0.613. The molecule has 1 atom stereocenters. The minimum Gasteiger partial charge on any atom is -0.445 e. The summed E-state index contributed by atoms with van der Waals surface area (Å²) >= 11 is 0. The highest BCUT2D eigenvalue weighted by molar-refractivity contribution is 5.86. The van der Waals surface area contributed by atoms with Gasteiger partial charge in [-0.15, -0.1) is 0 Å². The standard InChI is InChI=1S/C26H35N3O3/c1-25(2)16-21(17-26(3,4)29-25)27-23(30)22(15-19-11-7-5-8-12-19)28-24(31)32-18-20-13-9-6-10-14-20/h5-14,21-22,29H,15-18H2,1-4H3,(H,27,30)(H,28,31). The SMILES string of the molecule is CC1(C)CC(NC(=O)C(Cc2ccccc2)NC(=O)OCc2ccccc2)CC(C)(C)N1. The van der Waals surface area contributed by atoms with Crippen molar-refractivity contribution in [3.05, 3.63) is 71.8 Å². The summed E-state index contributed by atoms with van der Waals surface area (Å²) in [5.74, 6) is -0.191. The number of benzene rings is 2. The third kappa shape index (κ3) is 7.38. The summed E-state index contributed by atoms with van der Waals surface area (Å²) in [5.41, 5.74) is 1.70. The number of ether oxygens (including phenoxy) is 1. The Kier molecular flexibility index (Phi) is 7.56. The second-order valence-corrected chi connectivity index (χ2v) is 9.95. The first kappa shape index (κ1) is 23.8. The van der Waals surface area contributed by atoms with E-state index in [1.807, 2.05) is 60.7 Å². The molecule has 1 saturated heterocycles. The van der Waals surface area contributed by atoms with Crippen molar-refractivity contribution in [3.63, 3.8) is 0 Å². The van der Waals surface area contributed by atoms with Crippen LogP contribution in [0, 0.1) is 0 Å². The first-order chi connectivity index (χ1) is 15.1. The van der Waals surface area contributed by atoms with Gasteiger partial charge in [0, 0.05) is 23.5 Å². The second kappa shape index (κ2) is 10.2. The van der Waals surface area contributed by atoms with Crippen LogP contribution in [0.2, 0.25) is 0 Å². The van der Waals surface area contributed by atoms with E-state index in [0.717, 1.165) is 24.0 Å². The van der Waals surface area contributed by atoms with Crippen LogP contribution in [0.5, 0.6) is 0 Å². The molecule has 0 aromatic heterocycles. The maximum atomic E-state index is 13.2. The maximum absolute atomic E-state index is 13.2. The highest BCUT2D eigenvalue weighted by Crippen LogP contribution is 2.28. The molecule has 3 rings (SSSR count). The first-order valence-electron chi connectivity index (χ1n) is 11.2. The molecular formula is C26H35N3O3. The zero-order chi connectivity index (χ0) is 23.2. The van der Waals surface area contributed by atoms with Gasteiger partial charge in [-0.05, 0) is 51.7 Å². The van der Waals surface area contributed by atoms with Crippen LogP contribution in [0.25, 0.3) is 0 Å². The van der Waals surface area contributed by atoms with Gasteiger partial charge in [0.2, 0.25) is 5.91 Å². The van der Waals surface area contributed by atoms with Gasteiger partial charge in [-0.2, -0.15) is 0 Å². The van der Waals surface area contributed by atoms with E-state index < -0.39 is 12.1 Å². The Balaban J connectivity index is 1.66. The zero-order valence-electron chi connectivity index (χ0n) is 19.5. The fraction of sp³-hybridized carbons (Fsp3) is 0.462. The second-order valence-electron chi connectivity index (χ2n) is 9.95. The summed E-state index contributed by atoms with van der Waals surface area (Å²) in [6, 6.07) is 18.5. The van der Waals surface area contributed by atoms with Crippen molar-refractivity contribution in [1.29, 1.82) is 0 Å². The molecule has 1 aliphatic rings. The normalized spacial score (nSPS) is 18.4. The van der Waals surface area contributed by atoms with Gasteiger partial charge in [0.15, 0.2) is 0 Å². The van der Waals surface area contributed by atoms with E-state index in [9.17, 15) is 9.59 Å². The van der Waals surface area contributed by atoms with E-state index in [1.54, 1.807) is 0 Å². The van der Waals surface area contributed by atoms with E-state index in [-0.39, 0.29) is 29.6 Å². The third-order valence-electron chi connectivity index (χ3n) is 5.64. The molecule has 172 valence electrons. The van der Waals surface area contributed by atoms with Crippen LogP contribution < -0.4 is 16.0 Å². The van der Waals surface area contributed by atoms with Gasteiger partial charge in [-0.3, -0.25) is 4.79 Å². The van der Waals surface area contributed by atoms with Gasteiger partial charge in [0.1, 0.15) is 12.6 Å². The lowest BCUT2D eigenvalue weighted by molar-refractivity contribution is -0.124. The number of rotatable bonds is 7. The van der Waals surface area contributed by atoms with E-state index in [2.05, 4.69) is 43.6 Å². The van der Waals surface area contributed by atoms with E-state index in [4.69, 9.17) is 4.74 Å². The number of carbonyl (C=O) groups is 2. The summed E-state index contributed by atoms with van der Waals surface area (Å²) in [5, 5.41) is 9.59. The molecule has 32 heavy (non-hydrogen) atoms. The van der Waals surface area contributed by atoms with Crippen LogP contribution in [-0.4, -0.2) is 35.2 Å². The van der Waals surface area contributed by atoms with Crippen molar-refractivity contribution < 1.29 is 14.3 Å². The fourth-order valence-electron chi connectivity index (χ4n) is 4.69. The monoisotopic (exact) mass is 437 g/mol. The minimum absolute atomic E-state index is 0.0224. The summed E-state index contributed by atoms with van der Waals surface area (Å²) in [4.78, 5) is 25.7. The lowest BCUT2D eigenvalue weighted by Gasteiger charge is -2.46. The van der Waals surface area contributed by atoms with E-state index in [1.165, 1.54) is 0 Å². The third-order valence-corrected chi connectivity index (χ3v) is 5.64. The van der Waals surface area contributed by atoms with Crippen molar-refractivity contribution >= 4 is 12.0 Å². The number of hydrogen-bond donors (Lipinski definition) is 3. The topological polar surface area (TPSA) is 79.5 Å². The van der Waals surface area contributed by atoms with E-state index >= 15 is 0 Å². The Hall–Kier alpha value is -2.86. The average molecular weight is 438 g/mol. The molecule has 2 amide bonds. The van der Waals surface area contributed by atoms with Gasteiger partial charge < -0.3 is 20.7 Å². The summed E-state index contributed by atoms with van der Waals surface area (Å²) in [6.07, 6.45) is 1.43. The average Bonchev–Trinajstić information content (AvgIpc) is 2.71. The first-order valence-corrected chi connectivity index (χ1v) is 11.2. The Morgan fingerprint density at radius 1 is 0.938 bits per heavy atom. The van der Waals surface area contributed by atoms with Crippen molar-refractivity contribution in [1.82, 2.24) is 16.0 Å². The van der Waals surface area contributed by atoms with Crippen LogP contribution in [0.15, 0.2) is 60.7 Å². The van der Waals surface area contributed by atoms with Gasteiger partial charge in [0.05, 0.1) is 0 Å². The molecule has 0 bridgehead atoms. The molecular weight excluding hydrogens is 402 g/mol. The Morgan fingerprint density at radius 2 is 1.47 bits per heavy atom. The lowest BCUT2D eigenvalue weighted by Crippen LogP contribution is -2.63. The molecule has 1 unspecified atom stereocenters. The zero-order valence-corrected chi connectivity index (χ0v) is 19.5. The molecule has 0 aliphatic carbocycles. The summed E-state index contributed by atoms with van der Waals surface area (Å²) in [7, 11) is 0. The molecule has 0 radical (unpaired) electrons. The lowest BCUT2D eigenvalue weighted by atomic mass is 9.79. The number of carbonyl (C=O) groups excluding carboxylic acids is 2. The Labute approximate surface area is 191 Å². The molecule has 3 N–H and O–H groups in total. The van der Waals surface area contributed by atoms with Gasteiger partial charge >= 0.3 is 6.09 Å². The maximum Gasteiger partial charge on any atom is 0.408 e. The van der Waals surface area contributed by atoms with Crippen molar-refractivity contribution in [2.45, 2.75) is 76.7 Å². The van der Waals surface area contributed by atoms with Gasteiger partial charge in [0.25, 0.3) is 0 Å². The highest BCUT2D eigenvalue weighted by atomic mass is 16.5. The summed E-state index contributed by atoms with van der Waals surface area (Å²) in [6.45, 7) is 8.74. The number of piperidine rings is 1. The molecule has 1 heterocycles. The number of hydrogen-bond acceptors (Lipinski definition) is 4. The van der Waals surface area contributed by atoms with Crippen LogP contribution >= 0.6 is 0 Å². The van der Waals surface area contributed by atoms with Crippen molar-refractivity contribution in [3.8, 4) is 0 Å². The number of alkyl carbamates (subject to hydrolysis) is 1. The summed E-state index contributed by atoms with van der Waals surface area (Å²) < 4.78 is 5.36. The molecule has 0 saturated carbocycles. The van der Waals surface area contributed by atoms with E-state index in [0.29, 0.717) is 6.42 Å². The largest absolute Gasteiger partial charge is 0.445 e. The molecule has 6 nitrogen and oxygen atoms in total. The van der Waals surface area contributed by atoms with Crippen LogP contribution in [0.1, 0.15) is 51.7 Å². The van der Waals surface area contributed by atoms with Crippen molar-refractivity contribution in [2.75, 3.05) is 0 Å². The predicted molar refractivity (Wildman–Crippen MR) is 126 cm³/mol. The predicted octanol–water partition coefficient (Wildman–Crippen LogP) is 3.95. The molecule has 1 fully saturated rings. The molecule has 0 spiro atoms. The molecule has 6 heteroatoms. The number of amides is 2. The smallest absolute Gasteiger partial charge is 0.408 e. The van der Waals surface area contributed by atoms with Crippen molar-refractivity contribution in [2.24, 2.45) is 0 Å². The minimum atomic E-state index is -0.721. The Bertz CT molecular complexity index is 881. The van der Waals surface area contributed by atoms with Crippen LogP contribution in [-0.2, 0) is 22.6 Å². The van der Waals surface area contributed by atoms with Gasteiger partial charge in [-0.25, -0.2) is 4.79 Å². The fourth-order valence-corrected chi connectivity index (χ4v) is 4.69. The van der Waals surface area contributed by atoms with Crippen LogP contribution in [0.4, 0.5) is 4.79 Å². The van der Waals surface area contributed by atoms with Gasteiger partial charge in [-0.1, -0.05) is 60.7 Å². The number of nitrogens with one attached hydrogen (secondary N) is 3. The molecule has 2 aromatic rings. The molecule has 1 aliphatic heterocycles. The Morgan fingerprint density at radius 3 is 2.03 bits per heavy atom. The molecule has 2 aromatic carbocycles. The highest BCUT2D eigenvalue weighted by Gasteiger charge is 2.39.